The molecule has 1 amide bonds. The molecule has 0 atom stereocenters. The summed E-state index contributed by atoms with van der Waals surface area (Å²) < 4.78 is 41.7. The second-order valence-corrected chi connectivity index (χ2v) is 3.48. The van der Waals surface area contributed by atoms with Crippen LogP contribution in [0.1, 0.15) is 12.5 Å². The van der Waals surface area contributed by atoms with Crippen LogP contribution in [0.15, 0.2) is 36.5 Å². The summed E-state index contributed by atoms with van der Waals surface area (Å²) in [5.41, 5.74) is -0.788. The Morgan fingerprint density at radius 2 is 1.83 bits per heavy atom. The molecule has 0 heterocycles. The van der Waals surface area contributed by atoms with E-state index in [4.69, 9.17) is 4.74 Å². The number of hydrogen-bond donors (Lipinski definition) is 0. The molecule has 0 unspecified atom stereocenters. The van der Waals surface area contributed by atoms with E-state index in [9.17, 15) is 18.0 Å². The highest BCUT2D eigenvalue weighted by Gasteiger charge is 2.30. The highest BCUT2D eigenvalue weighted by Crippen LogP contribution is 2.30. The van der Waals surface area contributed by atoms with E-state index in [1.165, 1.54) is 18.1 Å². The van der Waals surface area contributed by atoms with Crippen molar-refractivity contribution in [3.05, 3.63) is 42.1 Å². The molecule has 1 rings (SSSR count). The van der Waals surface area contributed by atoms with Crippen molar-refractivity contribution in [3.63, 3.8) is 0 Å². The van der Waals surface area contributed by atoms with Crippen LogP contribution in [0.4, 0.5) is 18.0 Å². The number of rotatable bonds is 2. The molecular formula is C12H12F3NO2. The van der Waals surface area contributed by atoms with Crippen LogP contribution in [0, 0.1) is 0 Å². The highest BCUT2D eigenvalue weighted by atomic mass is 19.4. The second kappa shape index (κ2) is 5.57. The van der Waals surface area contributed by atoms with E-state index >= 15 is 0 Å². The average molecular weight is 259 g/mol. The predicted molar refractivity (Wildman–Crippen MR) is 60.0 cm³/mol. The lowest BCUT2D eigenvalue weighted by Gasteiger charge is -2.12. The van der Waals surface area contributed by atoms with Gasteiger partial charge in [0.1, 0.15) is 5.75 Å². The summed E-state index contributed by atoms with van der Waals surface area (Å²) in [7, 11) is 1.48. The first kappa shape index (κ1) is 14.1. The number of amides is 1. The number of ether oxygens (including phenoxy) is 1. The van der Waals surface area contributed by atoms with Gasteiger partial charge in [-0.15, -0.1) is 0 Å². The molecular weight excluding hydrogens is 247 g/mol. The lowest BCUT2D eigenvalue weighted by Crippen LogP contribution is -2.24. The molecule has 0 radical (unpaired) electrons. The fourth-order valence-electron chi connectivity index (χ4n) is 1.17. The summed E-state index contributed by atoms with van der Waals surface area (Å²) in [4.78, 5) is 12.6. The molecule has 0 spiro atoms. The maximum Gasteiger partial charge on any atom is 0.418 e. The fraction of sp³-hybridized carbons (Fsp3) is 0.250. The van der Waals surface area contributed by atoms with Crippen molar-refractivity contribution < 1.29 is 22.7 Å². The van der Waals surface area contributed by atoms with Gasteiger partial charge in [-0.3, -0.25) is 4.90 Å². The zero-order valence-electron chi connectivity index (χ0n) is 9.86. The number of carbonyl (C=O) groups is 1. The predicted octanol–water partition coefficient (Wildman–Crippen LogP) is 3.67. The summed E-state index contributed by atoms with van der Waals surface area (Å²) in [6, 6.07) is 3.92. The van der Waals surface area contributed by atoms with Gasteiger partial charge in [-0.05, 0) is 31.2 Å². The number of hydrogen-bond acceptors (Lipinski definition) is 2. The van der Waals surface area contributed by atoms with Crippen molar-refractivity contribution >= 4 is 6.09 Å². The normalized spacial score (nSPS) is 11.6. The van der Waals surface area contributed by atoms with Crippen molar-refractivity contribution in [2.75, 3.05) is 7.05 Å². The summed E-state index contributed by atoms with van der Waals surface area (Å²) in [6.07, 6.45) is -1.96. The van der Waals surface area contributed by atoms with Gasteiger partial charge in [0.15, 0.2) is 0 Å². The van der Waals surface area contributed by atoms with Crippen LogP contribution in [0.25, 0.3) is 0 Å². The van der Waals surface area contributed by atoms with Crippen molar-refractivity contribution in [2.45, 2.75) is 13.1 Å². The molecule has 1 aromatic carbocycles. The standard InChI is InChI=1S/C12H12F3NO2/c1-3-8-16(2)11(17)18-10-6-4-9(5-7-10)12(13,14)15/h3-8H,1-2H3/b8-3+. The van der Waals surface area contributed by atoms with Crippen molar-refractivity contribution in [1.82, 2.24) is 4.90 Å². The molecule has 0 aliphatic rings. The Hall–Kier alpha value is -1.98. The van der Waals surface area contributed by atoms with E-state index in [0.717, 1.165) is 24.3 Å². The lowest BCUT2D eigenvalue weighted by molar-refractivity contribution is -0.137. The topological polar surface area (TPSA) is 29.5 Å². The SMILES string of the molecule is C/C=C/N(C)C(=O)Oc1ccc(C(F)(F)F)cc1. The highest BCUT2D eigenvalue weighted by molar-refractivity contribution is 5.71. The lowest BCUT2D eigenvalue weighted by atomic mass is 10.2. The van der Waals surface area contributed by atoms with E-state index in [1.807, 2.05) is 0 Å². The molecule has 3 nitrogen and oxygen atoms in total. The van der Waals surface area contributed by atoms with Gasteiger partial charge in [0.2, 0.25) is 0 Å². The Bertz CT molecular complexity index is 438. The minimum Gasteiger partial charge on any atom is -0.410 e. The van der Waals surface area contributed by atoms with Crippen LogP contribution >= 0.6 is 0 Å². The Morgan fingerprint density at radius 3 is 2.28 bits per heavy atom. The first-order chi connectivity index (χ1) is 8.34. The van der Waals surface area contributed by atoms with Crippen LogP contribution in [0.5, 0.6) is 5.75 Å². The van der Waals surface area contributed by atoms with E-state index in [2.05, 4.69) is 0 Å². The third kappa shape index (κ3) is 3.80. The van der Waals surface area contributed by atoms with E-state index in [1.54, 1.807) is 13.0 Å². The minimum absolute atomic E-state index is 0.0596. The molecule has 0 aliphatic heterocycles. The smallest absolute Gasteiger partial charge is 0.410 e. The van der Waals surface area contributed by atoms with E-state index in [0.29, 0.717) is 0 Å². The minimum atomic E-state index is -4.40. The van der Waals surface area contributed by atoms with Gasteiger partial charge in [-0.1, -0.05) is 6.08 Å². The third-order valence-corrected chi connectivity index (χ3v) is 2.05. The summed E-state index contributed by atoms with van der Waals surface area (Å²) in [5, 5.41) is 0. The monoisotopic (exact) mass is 259 g/mol. The molecule has 98 valence electrons. The molecule has 18 heavy (non-hydrogen) atoms. The average Bonchev–Trinajstić information content (AvgIpc) is 2.28. The van der Waals surface area contributed by atoms with Gasteiger partial charge in [0.05, 0.1) is 5.56 Å². The molecule has 1 aromatic rings. The first-order valence-electron chi connectivity index (χ1n) is 5.09. The molecule has 0 N–H and O–H groups in total. The largest absolute Gasteiger partial charge is 0.418 e. The van der Waals surface area contributed by atoms with Gasteiger partial charge in [0, 0.05) is 13.2 Å². The van der Waals surface area contributed by atoms with Gasteiger partial charge in [-0.2, -0.15) is 13.2 Å². The quantitative estimate of drug-likeness (QED) is 0.811. The van der Waals surface area contributed by atoms with Crippen LogP contribution in [0.3, 0.4) is 0 Å². The van der Waals surface area contributed by atoms with Crippen LogP contribution in [0.2, 0.25) is 0 Å². The van der Waals surface area contributed by atoms with Crippen LogP contribution < -0.4 is 4.74 Å². The number of alkyl halides is 3. The Morgan fingerprint density at radius 1 is 1.28 bits per heavy atom. The molecule has 0 bridgehead atoms. The van der Waals surface area contributed by atoms with Gasteiger partial charge >= 0.3 is 12.3 Å². The van der Waals surface area contributed by atoms with Crippen molar-refractivity contribution in [1.29, 1.82) is 0 Å². The number of benzene rings is 1. The molecule has 0 saturated carbocycles. The molecule has 6 heteroatoms. The molecule has 0 saturated heterocycles. The van der Waals surface area contributed by atoms with Crippen LogP contribution in [-0.2, 0) is 6.18 Å². The van der Waals surface area contributed by atoms with Crippen molar-refractivity contribution in [2.24, 2.45) is 0 Å². The number of carbonyl (C=O) groups excluding carboxylic acids is 1. The first-order valence-corrected chi connectivity index (χ1v) is 5.09. The molecule has 0 fully saturated rings. The van der Waals surface area contributed by atoms with E-state index < -0.39 is 17.8 Å². The fourth-order valence-corrected chi connectivity index (χ4v) is 1.17. The number of halogens is 3. The molecule has 0 aromatic heterocycles. The van der Waals surface area contributed by atoms with E-state index in [-0.39, 0.29) is 5.75 Å². The number of allylic oxidation sites excluding steroid dienone is 1. The number of nitrogens with zero attached hydrogens (tertiary/aromatic N) is 1. The summed E-state index contributed by atoms with van der Waals surface area (Å²) in [5.74, 6) is 0.0596. The van der Waals surface area contributed by atoms with Crippen LogP contribution in [-0.4, -0.2) is 18.0 Å². The summed E-state index contributed by atoms with van der Waals surface area (Å²) >= 11 is 0. The zero-order chi connectivity index (χ0) is 13.8. The molecule has 0 aliphatic carbocycles. The van der Waals surface area contributed by atoms with Gasteiger partial charge in [-0.25, -0.2) is 4.79 Å². The maximum absolute atomic E-state index is 12.3. The Kier molecular flexibility index (Phi) is 4.36. The van der Waals surface area contributed by atoms with Gasteiger partial charge < -0.3 is 4.74 Å². The van der Waals surface area contributed by atoms with Gasteiger partial charge in [0.25, 0.3) is 0 Å². The second-order valence-electron chi connectivity index (χ2n) is 3.48. The maximum atomic E-state index is 12.3. The zero-order valence-corrected chi connectivity index (χ0v) is 9.86. The Balaban J connectivity index is 2.73. The summed E-state index contributed by atoms with van der Waals surface area (Å²) in [6.45, 7) is 1.72. The third-order valence-electron chi connectivity index (χ3n) is 2.05. The Labute approximate surface area is 102 Å². The van der Waals surface area contributed by atoms with Crippen molar-refractivity contribution in [3.8, 4) is 5.75 Å².